The maximum absolute atomic E-state index is 6.29. The molecule has 2 aliphatic heterocycles. The molecule has 0 bridgehead atoms. The number of piperidine rings is 1. The van der Waals surface area contributed by atoms with Crippen molar-refractivity contribution in [3.8, 4) is 0 Å². The molecule has 2 aliphatic rings. The Labute approximate surface area is 231 Å². The maximum atomic E-state index is 6.29. The number of unbranched alkanes of at least 4 members (excludes halogenated alkanes) is 1. The summed E-state index contributed by atoms with van der Waals surface area (Å²) in [6.45, 7) is 13.8. The molecule has 2 unspecified atom stereocenters. The van der Waals surface area contributed by atoms with Crippen molar-refractivity contribution in [3.05, 3.63) is 59.9 Å². The molecule has 2 atom stereocenters. The van der Waals surface area contributed by atoms with Crippen LogP contribution in [0.5, 0.6) is 0 Å². The monoisotopic (exact) mass is 523 g/mol. The molecular weight excluding hydrogens is 470 g/mol. The smallest absolute Gasteiger partial charge is 0.185 e. The normalized spacial score (nSPS) is 18.8. The predicted octanol–water partition coefficient (Wildman–Crippen LogP) is 3.82. The molecule has 7 heteroatoms. The fraction of sp³-hybridized carbons (Fsp3) is 0.645. The number of nitrogens with zero attached hydrogens (tertiary/aromatic N) is 3. The third-order valence-electron chi connectivity index (χ3n) is 8.28. The second-order valence-electron chi connectivity index (χ2n) is 11.0. The van der Waals surface area contributed by atoms with E-state index in [-0.39, 0.29) is 11.9 Å². The molecule has 0 saturated carbocycles. The largest absolute Gasteiger partial charge is 0.388 e. The number of benzene rings is 1. The summed E-state index contributed by atoms with van der Waals surface area (Å²) in [5.74, 6) is 0.825. The number of aliphatic imine (C=N–C) groups is 1. The van der Waals surface area contributed by atoms with Gasteiger partial charge < -0.3 is 32.3 Å². The summed E-state index contributed by atoms with van der Waals surface area (Å²) < 4.78 is 0. The summed E-state index contributed by atoms with van der Waals surface area (Å²) in [5.41, 5.74) is 21.2. The van der Waals surface area contributed by atoms with Crippen LogP contribution in [-0.2, 0) is 6.42 Å². The lowest BCUT2D eigenvalue weighted by Gasteiger charge is -2.40. The van der Waals surface area contributed by atoms with Crippen LogP contribution in [0.15, 0.2) is 59.4 Å². The minimum atomic E-state index is 0.175. The quantitative estimate of drug-likeness (QED) is 0.149. The average molecular weight is 524 g/mol. The van der Waals surface area contributed by atoms with Crippen LogP contribution >= 0.6 is 0 Å². The second-order valence-corrected chi connectivity index (χ2v) is 11.0. The van der Waals surface area contributed by atoms with Gasteiger partial charge in [0, 0.05) is 62.0 Å². The molecule has 7 nitrogen and oxygen atoms in total. The molecule has 0 spiro atoms. The van der Waals surface area contributed by atoms with E-state index in [0.29, 0.717) is 19.0 Å². The van der Waals surface area contributed by atoms with Gasteiger partial charge in [0.25, 0.3) is 0 Å². The fourth-order valence-corrected chi connectivity index (χ4v) is 6.04. The molecule has 0 radical (unpaired) electrons. The van der Waals surface area contributed by atoms with Crippen LogP contribution < -0.4 is 22.5 Å². The SMILES string of the molecule is C=C(C(CCCCN=C(N)N)CNC(=CCC)C(CN)Cc1ccccc1)N1CCC(N2CCCC2)CC1. The highest BCUT2D eigenvalue weighted by Gasteiger charge is 2.28. The van der Waals surface area contributed by atoms with E-state index in [4.69, 9.17) is 17.2 Å². The zero-order valence-corrected chi connectivity index (χ0v) is 23.8. The van der Waals surface area contributed by atoms with Gasteiger partial charge in [0.2, 0.25) is 0 Å². The molecule has 1 aromatic carbocycles. The topological polar surface area (TPSA) is 109 Å². The Bertz CT molecular complexity index is 863. The van der Waals surface area contributed by atoms with Crippen LogP contribution in [0.25, 0.3) is 0 Å². The van der Waals surface area contributed by atoms with Gasteiger partial charge in [-0.3, -0.25) is 4.99 Å². The third-order valence-corrected chi connectivity index (χ3v) is 8.28. The van der Waals surface area contributed by atoms with Gasteiger partial charge in [0.1, 0.15) is 0 Å². The first kappa shape index (κ1) is 30.0. The van der Waals surface area contributed by atoms with E-state index in [1.165, 1.54) is 55.7 Å². The highest BCUT2D eigenvalue weighted by molar-refractivity contribution is 5.75. The van der Waals surface area contributed by atoms with Crippen molar-refractivity contribution in [2.75, 3.05) is 45.8 Å². The molecule has 7 N–H and O–H groups in total. The molecular formula is C31H53N7. The van der Waals surface area contributed by atoms with Gasteiger partial charge in [-0.05, 0) is 70.0 Å². The lowest BCUT2D eigenvalue weighted by atomic mass is 9.93. The van der Waals surface area contributed by atoms with Crippen molar-refractivity contribution in [2.45, 2.75) is 70.8 Å². The van der Waals surface area contributed by atoms with Crippen LogP contribution in [0, 0.1) is 11.8 Å². The Balaban J connectivity index is 1.61. The van der Waals surface area contributed by atoms with E-state index < -0.39 is 0 Å². The fourth-order valence-electron chi connectivity index (χ4n) is 6.04. The molecule has 2 fully saturated rings. The van der Waals surface area contributed by atoms with E-state index in [9.17, 15) is 0 Å². The van der Waals surface area contributed by atoms with Crippen LogP contribution in [0.2, 0.25) is 0 Å². The Hall–Kier alpha value is -2.51. The van der Waals surface area contributed by atoms with Crippen molar-refractivity contribution in [1.29, 1.82) is 0 Å². The highest BCUT2D eigenvalue weighted by Crippen LogP contribution is 2.27. The van der Waals surface area contributed by atoms with E-state index in [1.54, 1.807) is 0 Å². The van der Waals surface area contributed by atoms with Crippen LogP contribution in [0.3, 0.4) is 0 Å². The first-order chi connectivity index (χ1) is 18.5. The summed E-state index contributed by atoms with van der Waals surface area (Å²) in [4.78, 5) is 9.44. The number of guanidine groups is 1. The summed E-state index contributed by atoms with van der Waals surface area (Å²) in [6.07, 6.45) is 12.6. The lowest BCUT2D eigenvalue weighted by Crippen LogP contribution is -2.45. The zero-order chi connectivity index (χ0) is 27.2. The van der Waals surface area contributed by atoms with Gasteiger partial charge in [-0.2, -0.15) is 0 Å². The van der Waals surface area contributed by atoms with Crippen molar-refractivity contribution in [3.63, 3.8) is 0 Å². The summed E-state index contributed by atoms with van der Waals surface area (Å²) in [5, 5.41) is 3.84. The number of likely N-dealkylation sites (tertiary alicyclic amines) is 2. The van der Waals surface area contributed by atoms with Gasteiger partial charge in [0.05, 0.1) is 0 Å². The lowest BCUT2D eigenvalue weighted by molar-refractivity contribution is 0.139. The van der Waals surface area contributed by atoms with E-state index >= 15 is 0 Å². The van der Waals surface area contributed by atoms with Crippen LogP contribution in [0.1, 0.15) is 63.9 Å². The van der Waals surface area contributed by atoms with Gasteiger partial charge in [-0.15, -0.1) is 0 Å². The molecule has 212 valence electrons. The van der Waals surface area contributed by atoms with Crippen molar-refractivity contribution >= 4 is 5.96 Å². The predicted molar refractivity (Wildman–Crippen MR) is 162 cm³/mol. The first-order valence-corrected chi connectivity index (χ1v) is 14.9. The maximum Gasteiger partial charge on any atom is 0.185 e. The number of hydrogen-bond donors (Lipinski definition) is 4. The average Bonchev–Trinajstić information content (AvgIpc) is 3.48. The minimum absolute atomic E-state index is 0.175. The van der Waals surface area contributed by atoms with Crippen LogP contribution in [-0.4, -0.2) is 67.6 Å². The Kier molecular flexibility index (Phi) is 13.0. The number of rotatable bonds is 16. The number of nitrogens with one attached hydrogen (secondary N) is 1. The molecule has 1 aromatic rings. The van der Waals surface area contributed by atoms with Gasteiger partial charge in [-0.25, -0.2) is 0 Å². The number of nitrogens with two attached hydrogens (primary N) is 3. The van der Waals surface area contributed by atoms with E-state index in [2.05, 4.69) is 70.0 Å². The Morgan fingerprint density at radius 1 is 1.08 bits per heavy atom. The van der Waals surface area contributed by atoms with Crippen molar-refractivity contribution < 1.29 is 0 Å². The third kappa shape index (κ3) is 9.66. The molecule has 3 rings (SSSR count). The van der Waals surface area contributed by atoms with E-state index in [1.807, 2.05) is 0 Å². The minimum Gasteiger partial charge on any atom is -0.388 e. The Morgan fingerprint density at radius 3 is 2.42 bits per heavy atom. The molecule has 2 saturated heterocycles. The van der Waals surface area contributed by atoms with Crippen molar-refractivity contribution in [1.82, 2.24) is 15.1 Å². The molecule has 38 heavy (non-hydrogen) atoms. The summed E-state index contributed by atoms with van der Waals surface area (Å²) in [6, 6.07) is 11.4. The Morgan fingerprint density at radius 2 is 1.79 bits per heavy atom. The van der Waals surface area contributed by atoms with E-state index in [0.717, 1.165) is 57.8 Å². The molecule has 0 aromatic heterocycles. The van der Waals surface area contributed by atoms with Crippen molar-refractivity contribution in [2.24, 2.45) is 34.0 Å². The second kappa shape index (κ2) is 16.5. The summed E-state index contributed by atoms with van der Waals surface area (Å²) in [7, 11) is 0. The molecule has 2 heterocycles. The van der Waals surface area contributed by atoms with Crippen LogP contribution in [0.4, 0.5) is 0 Å². The summed E-state index contributed by atoms with van der Waals surface area (Å²) >= 11 is 0. The van der Waals surface area contributed by atoms with Gasteiger partial charge >= 0.3 is 0 Å². The zero-order valence-electron chi connectivity index (χ0n) is 23.8. The van der Waals surface area contributed by atoms with Gasteiger partial charge in [-0.1, -0.05) is 56.3 Å². The van der Waals surface area contributed by atoms with Gasteiger partial charge in [0.15, 0.2) is 5.96 Å². The number of hydrogen-bond acceptors (Lipinski definition) is 5. The standard InChI is InChI=1S/C31H53N7/c1-3-11-30(28(23-32)22-26-12-5-4-6-13-26)36-24-27(14-7-8-17-35-31(33)34)25(2)37-20-15-29(16-21-37)38-18-9-10-19-38/h4-6,11-13,27-29,36H,2-3,7-10,14-24,32H2,1H3,(H4,33,34,35). The number of allylic oxidation sites excluding steroid dienone is 1. The first-order valence-electron chi connectivity index (χ1n) is 14.9. The molecule has 0 amide bonds. The highest BCUT2D eigenvalue weighted by atomic mass is 15.2. The molecule has 0 aliphatic carbocycles.